The van der Waals surface area contributed by atoms with E-state index in [0.717, 1.165) is 5.17 Å². The van der Waals surface area contributed by atoms with E-state index in [9.17, 15) is 0 Å². The summed E-state index contributed by atoms with van der Waals surface area (Å²) < 4.78 is 0. The monoisotopic (exact) mass is 260 g/mol. The van der Waals surface area contributed by atoms with Gasteiger partial charge in [-0.3, -0.25) is 4.99 Å². The molecule has 0 aromatic carbocycles. The van der Waals surface area contributed by atoms with Crippen molar-refractivity contribution in [1.29, 1.82) is 0 Å². The minimum absolute atomic E-state index is 0. The summed E-state index contributed by atoms with van der Waals surface area (Å²) in [6.45, 7) is 0. The van der Waals surface area contributed by atoms with Crippen molar-refractivity contribution >= 4 is 40.9 Å². The number of hydrogen-bond acceptors (Lipinski definition) is 2. The van der Waals surface area contributed by atoms with E-state index >= 15 is 0 Å². The van der Waals surface area contributed by atoms with Gasteiger partial charge in [-0.25, -0.2) is 0 Å². The van der Waals surface area contributed by atoms with E-state index in [1.54, 1.807) is 18.8 Å². The van der Waals surface area contributed by atoms with Gasteiger partial charge in [-0.2, -0.15) is 0 Å². The highest BCUT2D eigenvalue weighted by molar-refractivity contribution is 14.0. The summed E-state index contributed by atoms with van der Waals surface area (Å²) >= 11 is 1.65. The number of rotatable bonds is 0. The second kappa shape index (κ2) is 6.67. The van der Waals surface area contributed by atoms with Crippen LogP contribution in [0.25, 0.3) is 0 Å². The lowest BCUT2D eigenvalue weighted by molar-refractivity contribution is 0.635. The molecule has 0 amide bonds. The van der Waals surface area contributed by atoms with E-state index < -0.39 is 0 Å². The molecule has 0 aliphatic heterocycles. The van der Waals surface area contributed by atoms with Crippen molar-refractivity contribution in [2.75, 3.05) is 27.4 Å². The maximum atomic E-state index is 4.01. The molecule has 0 bridgehead atoms. The standard InChI is InChI=1S/C5H12N2S.HI/c1-6-5(8-4)7(2)3;/h1-4H3;1H. The summed E-state index contributed by atoms with van der Waals surface area (Å²) in [6.07, 6.45) is 2.02. The molecule has 0 aliphatic rings. The predicted octanol–water partition coefficient (Wildman–Crippen LogP) is 1.51. The average molecular weight is 260 g/mol. The molecule has 0 aromatic rings. The quantitative estimate of drug-likeness (QED) is 0.373. The van der Waals surface area contributed by atoms with Crippen molar-refractivity contribution in [3.8, 4) is 0 Å². The van der Waals surface area contributed by atoms with Crippen LogP contribution >= 0.6 is 35.7 Å². The average Bonchev–Trinajstić information content (AvgIpc) is 1.69. The molecule has 0 heterocycles. The van der Waals surface area contributed by atoms with Gasteiger partial charge in [0, 0.05) is 21.1 Å². The Morgan fingerprint density at radius 2 is 1.89 bits per heavy atom. The normalized spacial score (nSPS) is 10.4. The van der Waals surface area contributed by atoms with Crippen LogP contribution in [0.2, 0.25) is 0 Å². The second-order valence-electron chi connectivity index (χ2n) is 1.60. The molecule has 0 rings (SSSR count). The highest BCUT2D eigenvalue weighted by Gasteiger charge is 1.93. The summed E-state index contributed by atoms with van der Waals surface area (Å²) in [5, 5.41) is 1.06. The summed E-state index contributed by atoms with van der Waals surface area (Å²) in [5.41, 5.74) is 0. The first-order valence-electron chi connectivity index (χ1n) is 2.40. The molecule has 0 spiro atoms. The van der Waals surface area contributed by atoms with Gasteiger partial charge in [-0.15, -0.1) is 24.0 Å². The van der Waals surface area contributed by atoms with Gasteiger partial charge >= 0.3 is 0 Å². The first-order chi connectivity index (χ1) is 3.72. The van der Waals surface area contributed by atoms with Crippen LogP contribution in [0, 0.1) is 0 Å². The fourth-order valence-electron chi connectivity index (χ4n) is 0.474. The molecule has 0 atom stereocenters. The van der Waals surface area contributed by atoms with Gasteiger partial charge in [0.15, 0.2) is 5.17 Å². The number of hydrogen-bond donors (Lipinski definition) is 0. The van der Waals surface area contributed by atoms with Crippen LogP contribution in [-0.2, 0) is 0 Å². The molecular formula is C5H13IN2S. The minimum Gasteiger partial charge on any atom is -0.358 e. The smallest absolute Gasteiger partial charge is 0.158 e. The molecule has 2 nitrogen and oxygen atoms in total. The maximum absolute atomic E-state index is 4.01. The fraction of sp³-hybridized carbons (Fsp3) is 0.800. The van der Waals surface area contributed by atoms with Gasteiger partial charge in [0.1, 0.15) is 0 Å². The Kier molecular flexibility index (Phi) is 9.07. The highest BCUT2D eigenvalue weighted by atomic mass is 127. The van der Waals surface area contributed by atoms with E-state index in [1.165, 1.54) is 0 Å². The summed E-state index contributed by atoms with van der Waals surface area (Å²) in [4.78, 5) is 6.00. The van der Waals surface area contributed by atoms with Crippen LogP contribution in [0.4, 0.5) is 0 Å². The van der Waals surface area contributed by atoms with Crippen LogP contribution in [0.1, 0.15) is 0 Å². The molecular weight excluding hydrogens is 247 g/mol. The SMILES string of the molecule is CN=C(SC)N(C)C.I. The molecule has 0 aliphatic carbocycles. The predicted molar refractivity (Wildman–Crippen MR) is 56.0 cm³/mol. The maximum Gasteiger partial charge on any atom is 0.158 e. The highest BCUT2D eigenvalue weighted by Crippen LogP contribution is 1.98. The number of nitrogens with zero attached hydrogens (tertiary/aromatic N) is 2. The van der Waals surface area contributed by atoms with Crippen molar-refractivity contribution < 1.29 is 0 Å². The van der Waals surface area contributed by atoms with Gasteiger partial charge in [-0.1, -0.05) is 11.8 Å². The van der Waals surface area contributed by atoms with Gasteiger partial charge in [-0.05, 0) is 6.26 Å². The van der Waals surface area contributed by atoms with Gasteiger partial charge in [0.05, 0.1) is 0 Å². The lowest BCUT2D eigenvalue weighted by Gasteiger charge is -2.10. The molecule has 0 N–H and O–H groups in total. The third-order valence-electron chi connectivity index (χ3n) is 0.756. The Labute approximate surface area is 78.1 Å². The molecule has 0 aromatic heterocycles. The van der Waals surface area contributed by atoms with Crippen molar-refractivity contribution in [2.45, 2.75) is 0 Å². The van der Waals surface area contributed by atoms with Crippen molar-refractivity contribution in [3.05, 3.63) is 0 Å². The first kappa shape index (κ1) is 12.2. The van der Waals surface area contributed by atoms with Crippen LogP contribution in [0.5, 0.6) is 0 Å². The Morgan fingerprint density at radius 1 is 1.44 bits per heavy atom. The second-order valence-corrected chi connectivity index (χ2v) is 2.38. The first-order valence-corrected chi connectivity index (χ1v) is 3.63. The molecule has 0 fully saturated rings. The topological polar surface area (TPSA) is 15.6 Å². The Hall–Kier alpha value is 0.550. The zero-order valence-corrected chi connectivity index (χ0v) is 9.36. The Balaban J connectivity index is 0. The molecule has 0 saturated heterocycles. The van der Waals surface area contributed by atoms with Gasteiger partial charge in [0.2, 0.25) is 0 Å². The summed E-state index contributed by atoms with van der Waals surface area (Å²) in [5.74, 6) is 0. The molecule has 9 heavy (non-hydrogen) atoms. The number of amidine groups is 1. The van der Waals surface area contributed by atoms with Crippen LogP contribution in [-0.4, -0.2) is 37.5 Å². The van der Waals surface area contributed by atoms with Crippen molar-refractivity contribution in [3.63, 3.8) is 0 Å². The van der Waals surface area contributed by atoms with E-state index in [4.69, 9.17) is 0 Å². The van der Waals surface area contributed by atoms with Crippen molar-refractivity contribution in [2.24, 2.45) is 4.99 Å². The third-order valence-corrected chi connectivity index (χ3v) is 1.67. The lowest BCUT2D eigenvalue weighted by Crippen LogP contribution is -2.17. The van der Waals surface area contributed by atoms with Crippen LogP contribution in [0.3, 0.4) is 0 Å². The van der Waals surface area contributed by atoms with E-state index in [2.05, 4.69) is 4.99 Å². The fourth-order valence-corrected chi connectivity index (χ4v) is 1.02. The number of thioether (sulfide) groups is 1. The van der Waals surface area contributed by atoms with E-state index in [-0.39, 0.29) is 24.0 Å². The van der Waals surface area contributed by atoms with Gasteiger partial charge < -0.3 is 4.90 Å². The zero-order valence-electron chi connectivity index (χ0n) is 6.21. The molecule has 0 saturated carbocycles. The molecule has 4 heteroatoms. The molecule has 0 unspecified atom stereocenters. The third kappa shape index (κ3) is 5.02. The number of halogens is 1. The Bertz CT molecular complexity index is 93.0. The Morgan fingerprint density at radius 3 is 1.89 bits per heavy atom. The molecule has 0 radical (unpaired) electrons. The largest absolute Gasteiger partial charge is 0.358 e. The van der Waals surface area contributed by atoms with Gasteiger partial charge in [0.25, 0.3) is 0 Å². The lowest BCUT2D eigenvalue weighted by atomic mass is 10.9. The molecule has 56 valence electrons. The van der Waals surface area contributed by atoms with Crippen LogP contribution in [0.15, 0.2) is 4.99 Å². The summed E-state index contributed by atoms with van der Waals surface area (Å²) in [6, 6.07) is 0. The van der Waals surface area contributed by atoms with Crippen molar-refractivity contribution in [1.82, 2.24) is 4.90 Å². The number of aliphatic imine (C=N–C) groups is 1. The van der Waals surface area contributed by atoms with Crippen LogP contribution < -0.4 is 0 Å². The summed E-state index contributed by atoms with van der Waals surface area (Å²) in [7, 11) is 5.77. The minimum atomic E-state index is 0. The zero-order chi connectivity index (χ0) is 6.57. The van der Waals surface area contributed by atoms with E-state index in [0.29, 0.717) is 0 Å². The van der Waals surface area contributed by atoms with E-state index in [1.807, 2.05) is 25.3 Å².